The summed E-state index contributed by atoms with van der Waals surface area (Å²) in [5.74, 6) is 1.19. The van der Waals surface area contributed by atoms with Gasteiger partial charge in [0.2, 0.25) is 0 Å². The zero-order chi connectivity index (χ0) is 15.7. The van der Waals surface area contributed by atoms with Gasteiger partial charge >= 0.3 is 6.18 Å². The molecule has 1 saturated heterocycles. The highest BCUT2D eigenvalue weighted by Gasteiger charge is 2.26. The highest BCUT2D eigenvalue weighted by atomic mass is 19.4. The molecule has 0 radical (unpaired) electrons. The Labute approximate surface area is 125 Å². The lowest BCUT2D eigenvalue weighted by molar-refractivity contribution is -0.132. The average Bonchev–Trinajstić information content (AvgIpc) is 2.37. The van der Waals surface area contributed by atoms with Gasteiger partial charge in [-0.15, -0.1) is 0 Å². The summed E-state index contributed by atoms with van der Waals surface area (Å²) in [6.07, 6.45) is -2.52. The van der Waals surface area contributed by atoms with Crippen molar-refractivity contribution in [1.82, 2.24) is 15.5 Å². The Kier molecular flexibility index (Phi) is 7.85. The van der Waals surface area contributed by atoms with E-state index in [4.69, 9.17) is 0 Å². The van der Waals surface area contributed by atoms with Crippen molar-refractivity contribution in [2.45, 2.75) is 39.3 Å². The van der Waals surface area contributed by atoms with Gasteiger partial charge in [-0.3, -0.25) is 4.99 Å². The first-order valence-electron chi connectivity index (χ1n) is 7.72. The van der Waals surface area contributed by atoms with Crippen molar-refractivity contribution in [2.24, 2.45) is 10.9 Å². The lowest BCUT2D eigenvalue weighted by atomic mass is 10.0. The van der Waals surface area contributed by atoms with E-state index >= 15 is 0 Å². The van der Waals surface area contributed by atoms with Crippen molar-refractivity contribution < 1.29 is 13.2 Å². The van der Waals surface area contributed by atoms with Gasteiger partial charge in [-0.05, 0) is 32.2 Å². The molecule has 0 aromatic heterocycles. The molecule has 0 amide bonds. The maximum atomic E-state index is 12.1. The van der Waals surface area contributed by atoms with Gasteiger partial charge < -0.3 is 15.5 Å². The minimum atomic E-state index is -4.15. The number of hydrogen-bond acceptors (Lipinski definition) is 2. The summed E-state index contributed by atoms with van der Waals surface area (Å²) in [4.78, 5) is 6.34. The van der Waals surface area contributed by atoms with Crippen molar-refractivity contribution in [1.29, 1.82) is 0 Å². The van der Waals surface area contributed by atoms with Gasteiger partial charge in [0.05, 0.1) is 13.0 Å². The Morgan fingerprint density at radius 3 is 2.71 bits per heavy atom. The summed E-state index contributed by atoms with van der Waals surface area (Å²) in [5, 5.41) is 6.07. The van der Waals surface area contributed by atoms with Crippen LogP contribution in [-0.4, -0.2) is 56.3 Å². The molecule has 1 rings (SSSR count). The van der Waals surface area contributed by atoms with Gasteiger partial charge in [-0.2, -0.15) is 13.2 Å². The van der Waals surface area contributed by atoms with Crippen LogP contribution in [0.25, 0.3) is 0 Å². The third-order valence-electron chi connectivity index (χ3n) is 3.47. The predicted molar refractivity (Wildman–Crippen MR) is 79.5 cm³/mol. The molecule has 1 aliphatic rings. The summed E-state index contributed by atoms with van der Waals surface area (Å²) >= 11 is 0. The van der Waals surface area contributed by atoms with Gasteiger partial charge in [0.15, 0.2) is 5.96 Å². The molecule has 1 aliphatic heterocycles. The molecule has 1 fully saturated rings. The molecule has 124 valence electrons. The van der Waals surface area contributed by atoms with Crippen molar-refractivity contribution >= 4 is 5.96 Å². The topological polar surface area (TPSA) is 39.7 Å². The molecule has 7 heteroatoms. The van der Waals surface area contributed by atoms with Crippen LogP contribution in [0.1, 0.15) is 33.1 Å². The Balaban J connectivity index is 2.28. The van der Waals surface area contributed by atoms with Crippen molar-refractivity contribution in [3.63, 3.8) is 0 Å². The molecule has 4 nitrogen and oxygen atoms in total. The van der Waals surface area contributed by atoms with Crippen molar-refractivity contribution in [3.8, 4) is 0 Å². The number of halogens is 3. The van der Waals surface area contributed by atoms with E-state index in [0.29, 0.717) is 19.0 Å². The fraction of sp³-hybridized carbons (Fsp3) is 0.929. The molecule has 0 bridgehead atoms. The van der Waals surface area contributed by atoms with Crippen LogP contribution in [0.4, 0.5) is 13.2 Å². The van der Waals surface area contributed by atoms with Crippen LogP contribution in [0.2, 0.25) is 0 Å². The van der Waals surface area contributed by atoms with E-state index in [-0.39, 0.29) is 6.54 Å². The quantitative estimate of drug-likeness (QED) is 0.584. The lowest BCUT2D eigenvalue weighted by Gasteiger charge is -2.30. The highest BCUT2D eigenvalue weighted by molar-refractivity contribution is 5.79. The Morgan fingerprint density at radius 2 is 2.10 bits per heavy atom. The van der Waals surface area contributed by atoms with E-state index < -0.39 is 12.6 Å². The number of piperidine rings is 1. The number of alkyl halides is 3. The van der Waals surface area contributed by atoms with Crippen LogP contribution >= 0.6 is 0 Å². The summed E-state index contributed by atoms with van der Waals surface area (Å²) < 4.78 is 36.3. The van der Waals surface area contributed by atoms with E-state index in [2.05, 4.69) is 27.4 Å². The third-order valence-corrected chi connectivity index (χ3v) is 3.47. The fourth-order valence-corrected chi connectivity index (χ4v) is 2.46. The first kappa shape index (κ1) is 18.1. The highest BCUT2D eigenvalue weighted by Crippen LogP contribution is 2.18. The average molecular weight is 308 g/mol. The standard InChI is InChI=1S/C14H27F3N4/c1-3-18-13(19-7-6-14(15,16)17)20-8-10-21-9-4-5-12(2)11-21/h12H,3-11H2,1-2H3,(H2,18,19,20). The number of nitrogens with one attached hydrogen (secondary N) is 2. The van der Waals surface area contributed by atoms with Gasteiger partial charge in [0, 0.05) is 26.2 Å². The van der Waals surface area contributed by atoms with E-state index in [1.807, 2.05) is 6.92 Å². The summed E-state index contributed by atoms with van der Waals surface area (Å²) in [6, 6.07) is 0. The number of aliphatic imine (C=N–C) groups is 1. The van der Waals surface area contributed by atoms with Crippen molar-refractivity contribution in [3.05, 3.63) is 0 Å². The molecular formula is C14H27F3N4. The molecule has 1 heterocycles. The van der Waals surface area contributed by atoms with Crippen LogP contribution in [0.5, 0.6) is 0 Å². The van der Waals surface area contributed by atoms with Crippen LogP contribution in [-0.2, 0) is 0 Å². The molecule has 2 N–H and O–H groups in total. The van der Waals surface area contributed by atoms with Gasteiger partial charge in [-0.1, -0.05) is 6.92 Å². The lowest BCUT2D eigenvalue weighted by Crippen LogP contribution is -2.43. The monoisotopic (exact) mass is 308 g/mol. The van der Waals surface area contributed by atoms with Gasteiger partial charge in [0.1, 0.15) is 0 Å². The molecular weight excluding hydrogens is 281 g/mol. The van der Waals surface area contributed by atoms with Crippen LogP contribution < -0.4 is 10.6 Å². The predicted octanol–water partition coefficient (Wildman–Crippen LogP) is 2.23. The molecule has 0 aliphatic carbocycles. The van der Waals surface area contributed by atoms with Gasteiger partial charge in [-0.25, -0.2) is 0 Å². The molecule has 0 aromatic carbocycles. The molecule has 21 heavy (non-hydrogen) atoms. The van der Waals surface area contributed by atoms with E-state index in [0.717, 1.165) is 25.6 Å². The molecule has 1 unspecified atom stereocenters. The Bertz CT molecular complexity index is 318. The van der Waals surface area contributed by atoms with Crippen molar-refractivity contribution in [2.75, 3.05) is 39.3 Å². The second kappa shape index (κ2) is 9.12. The summed E-state index contributed by atoms with van der Waals surface area (Å²) in [5.41, 5.74) is 0. The second-order valence-electron chi connectivity index (χ2n) is 5.60. The second-order valence-corrected chi connectivity index (χ2v) is 5.60. The molecule has 0 aromatic rings. The minimum Gasteiger partial charge on any atom is -0.357 e. The Hall–Kier alpha value is -0.980. The molecule has 0 spiro atoms. The number of guanidine groups is 1. The number of nitrogens with zero attached hydrogens (tertiary/aromatic N) is 2. The number of rotatable bonds is 6. The normalized spacial score (nSPS) is 21.4. The third kappa shape index (κ3) is 8.80. The first-order chi connectivity index (χ1) is 9.90. The van der Waals surface area contributed by atoms with E-state index in [1.165, 1.54) is 12.8 Å². The molecule has 0 saturated carbocycles. The largest absolute Gasteiger partial charge is 0.390 e. The van der Waals surface area contributed by atoms with Crippen LogP contribution in [0.15, 0.2) is 4.99 Å². The van der Waals surface area contributed by atoms with E-state index in [1.54, 1.807) is 0 Å². The van der Waals surface area contributed by atoms with Crippen LogP contribution in [0, 0.1) is 5.92 Å². The van der Waals surface area contributed by atoms with Gasteiger partial charge in [0.25, 0.3) is 0 Å². The molecule has 1 atom stereocenters. The minimum absolute atomic E-state index is 0.237. The fourth-order valence-electron chi connectivity index (χ4n) is 2.46. The maximum absolute atomic E-state index is 12.1. The number of likely N-dealkylation sites (tertiary alicyclic amines) is 1. The number of hydrogen-bond donors (Lipinski definition) is 2. The zero-order valence-electron chi connectivity index (χ0n) is 13.0. The maximum Gasteiger partial charge on any atom is 0.390 e. The zero-order valence-corrected chi connectivity index (χ0v) is 13.0. The Morgan fingerprint density at radius 1 is 1.33 bits per heavy atom. The first-order valence-corrected chi connectivity index (χ1v) is 7.72. The summed E-state index contributed by atoms with van der Waals surface area (Å²) in [6.45, 7) is 8.35. The van der Waals surface area contributed by atoms with Crippen LogP contribution in [0.3, 0.4) is 0 Å². The smallest absolute Gasteiger partial charge is 0.357 e. The van der Waals surface area contributed by atoms with E-state index in [9.17, 15) is 13.2 Å². The summed E-state index contributed by atoms with van der Waals surface area (Å²) in [7, 11) is 0. The SMILES string of the molecule is CCNC(=NCCC(F)(F)F)NCCN1CCCC(C)C1.